The molecule has 1 aliphatic rings. The molecule has 1 aliphatic heterocycles. The van der Waals surface area contributed by atoms with Crippen LogP contribution in [-0.4, -0.2) is 36.5 Å². The van der Waals surface area contributed by atoms with Crippen LogP contribution < -0.4 is 0 Å². The molecule has 0 saturated carbocycles. The molecule has 88 valence electrons. The molecule has 0 aliphatic carbocycles. The van der Waals surface area contributed by atoms with Crippen molar-refractivity contribution in [3.05, 3.63) is 0 Å². The van der Waals surface area contributed by atoms with Crippen LogP contribution in [0, 0.1) is 5.92 Å². The SMILES string of the molecule is CCC(=O)CN1CCC(C(F)(F)F)CC1. The van der Waals surface area contributed by atoms with E-state index in [1.165, 1.54) is 0 Å². The average Bonchev–Trinajstić information content (AvgIpc) is 2.17. The monoisotopic (exact) mass is 223 g/mol. The number of nitrogens with zero attached hydrogens (tertiary/aromatic N) is 1. The van der Waals surface area contributed by atoms with Gasteiger partial charge in [0.1, 0.15) is 5.78 Å². The van der Waals surface area contributed by atoms with Crippen molar-refractivity contribution < 1.29 is 18.0 Å². The van der Waals surface area contributed by atoms with Gasteiger partial charge in [0, 0.05) is 6.42 Å². The lowest BCUT2D eigenvalue weighted by Gasteiger charge is -2.32. The molecule has 0 atom stereocenters. The van der Waals surface area contributed by atoms with Gasteiger partial charge in [-0.15, -0.1) is 0 Å². The summed E-state index contributed by atoms with van der Waals surface area (Å²) in [5.41, 5.74) is 0. The fraction of sp³-hybridized carbons (Fsp3) is 0.900. The Kier molecular flexibility index (Phi) is 4.13. The standard InChI is InChI=1S/C10H16F3NO/c1-2-9(15)7-14-5-3-8(4-6-14)10(11,12)13/h8H,2-7H2,1H3. The number of hydrogen-bond acceptors (Lipinski definition) is 2. The molecule has 0 aromatic heterocycles. The quantitative estimate of drug-likeness (QED) is 0.731. The van der Waals surface area contributed by atoms with Crippen LogP contribution in [0.25, 0.3) is 0 Å². The first-order chi connectivity index (χ1) is 6.93. The van der Waals surface area contributed by atoms with Crippen LogP contribution in [0.5, 0.6) is 0 Å². The van der Waals surface area contributed by atoms with Gasteiger partial charge in [0.2, 0.25) is 0 Å². The molecular weight excluding hydrogens is 207 g/mol. The number of rotatable bonds is 3. The zero-order valence-electron chi connectivity index (χ0n) is 8.81. The molecule has 1 saturated heterocycles. The number of halogens is 3. The van der Waals surface area contributed by atoms with Gasteiger partial charge in [-0.1, -0.05) is 6.92 Å². The van der Waals surface area contributed by atoms with Crippen LogP contribution in [0.15, 0.2) is 0 Å². The molecule has 0 N–H and O–H groups in total. The lowest BCUT2D eigenvalue weighted by molar-refractivity contribution is -0.185. The Bertz CT molecular complexity index is 219. The van der Waals surface area contributed by atoms with E-state index in [1.807, 2.05) is 4.90 Å². The summed E-state index contributed by atoms with van der Waals surface area (Å²) in [6.07, 6.45) is -3.36. The number of piperidine rings is 1. The first-order valence-corrected chi connectivity index (χ1v) is 5.24. The highest BCUT2D eigenvalue weighted by Crippen LogP contribution is 2.33. The highest BCUT2D eigenvalue weighted by molar-refractivity contribution is 5.80. The molecule has 5 heteroatoms. The Morgan fingerprint density at radius 2 is 1.87 bits per heavy atom. The van der Waals surface area contributed by atoms with Crippen molar-refractivity contribution in [1.29, 1.82) is 0 Å². The summed E-state index contributed by atoms with van der Waals surface area (Å²) in [6, 6.07) is 0. The summed E-state index contributed by atoms with van der Waals surface area (Å²) in [5.74, 6) is -1.08. The minimum Gasteiger partial charge on any atom is -0.298 e. The van der Waals surface area contributed by atoms with Crippen LogP contribution in [0.4, 0.5) is 13.2 Å². The molecule has 0 aromatic rings. The van der Waals surface area contributed by atoms with Gasteiger partial charge in [-0.2, -0.15) is 13.2 Å². The Labute approximate surface area is 87.4 Å². The second kappa shape index (κ2) is 4.96. The number of hydrogen-bond donors (Lipinski definition) is 0. The van der Waals surface area contributed by atoms with Crippen molar-refractivity contribution in [2.24, 2.45) is 5.92 Å². The highest BCUT2D eigenvalue weighted by atomic mass is 19.4. The third kappa shape index (κ3) is 3.81. The zero-order valence-corrected chi connectivity index (χ0v) is 8.81. The molecule has 1 fully saturated rings. The third-order valence-electron chi connectivity index (χ3n) is 2.84. The lowest BCUT2D eigenvalue weighted by Crippen LogP contribution is -2.41. The smallest absolute Gasteiger partial charge is 0.298 e. The van der Waals surface area contributed by atoms with E-state index in [1.54, 1.807) is 6.92 Å². The van der Waals surface area contributed by atoms with Gasteiger partial charge >= 0.3 is 6.18 Å². The van der Waals surface area contributed by atoms with Gasteiger partial charge in [0.15, 0.2) is 0 Å². The van der Waals surface area contributed by atoms with Crippen molar-refractivity contribution in [3.8, 4) is 0 Å². The minimum atomic E-state index is -4.07. The molecule has 2 nitrogen and oxygen atoms in total. The Hall–Kier alpha value is -0.580. The van der Waals surface area contributed by atoms with Crippen LogP contribution in [0.2, 0.25) is 0 Å². The largest absolute Gasteiger partial charge is 0.391 e. The van der Waals surface area contributed by atoms with Crippen molar-refractivity contribution in [1.82, 2.24) is 4.90 Å². The summed E-state index contributed by atoms with van der Waals surface area (Å²) in [6.45, 7) is 2.84. The van der Waals surface area contributed by atoms with E-state index in [4.69, 9.17) is 0 Å². The van der Waals surface area contributed by atoms with Crippen molar-refractivity contribution in [3.63, 3.8) is 0 Å². The predicted octanol–water partition coefficient (Wildman–Crippen LogP) is 2.24. The topological polar surface area (TPSA) is 20.3 Å². The molecule has 0 spiro atoms. The number of alkyl halides is 3. The van der Waals surface area contributed by atoms with Gasteiger partial charge in [0.05, 0.1) is 12.5 Å². The minimum absolute atomic E-state index is 0.0976. The Morgan fingerprint density at radius 1 is 1.33 bits per heavy atom. The van der Waals surface area contributed by atoms with Gasteiger partial charge < -0.3 is 0 Å². The maximum atomic E-state index is 12.3. The number of carbonyl (C=O) groups is 1. The molecule has 1 rings (SSSR count). The van der Waals surface area contributed by atoms with Gasteiger partial charge in [-0.3, -0.25) is 9.69 Å². The first-order valence-electron chi connectivity index (χ1n) is 5.24. The van der Waals surface area contributed by atoms with Crippen LogP contribution in [0.1, 0.15) is 26.2 Å². The van der Waals surface area contributed by atoms with E-state index in [-0.39, 0.29) is 18.6 Å². The summed E-state index contributed by atoms with van der Waals surface area (Å²) in [4.78, 5) is 12.9. The lowest BCUT2D eigenvalue weighted by atomic mass is 9.96. The van der Waals surface area contributed by atoms with E-state index < -0.39 is 12.1 Å². The maximum absolute atomic E-state index is 12.3. The van der Waals surface area contributed by atoms with Crippen LogP contribution >= 0.6 is 0 Å². The van der Waals surface area contributed by atoms with Crippen molar-refractivity contribution in [2.75, 3.05) is 19.6 Å². The zero-order chi connectivity index (χ0) is 11.5. The molecule has 0 aromatic carbocycles. The predicted molar refractivity (Wildman–Crippen MR) is 50.5 cm³/mol. The Morgan fingerprint density at radius 3 is 2.27 bits per heavy atom. The second-order valence-corrected chi connectivity index (χ2v) is 3.98. The molecule has 0 bridgehead atoms. The average molecular weight is 223 g/mol. The van der Waals surface area contributed by atoms with Crippen molar-refractivity contribution >= 4 is 5.78 Å². The number of carbonyl (C=O) groups excluding carboxylic acids is 1. The highest BCUT2D eigenvalue weighted by Gasteiger charge is 2.41. The summed E-state index contributed by atoms with van der Waals surface area (Å²) >= 11 is 0. The first kappa shape index (κ1) is 12.5. The van der Waals surface area contributed by atoms with E-state index in [2.05, 4.69) is 0 Å². The number of ketones is 1. The van der Waals surface area contributed by atoms with E-state index >= 15 is 0 Å². The fourth-order valence-electron chi connectivity index (χ4n) is 1.78. The third-order valence-corrected chi connectivity index (χ3v) is 2.84. The summed E-state index contributed by atoms with van der Waals surface area (Å²) < 4.78 is 36.9. The van der Waals surface area contributed by atoms with Crippen LogP contribution in [-0.2, 0) is 4.79 Å². The normalized spacial score (nSPS) is 20.5. The molecule has 0 amide bonds. The van der Waals surface area contributed by atoms with E-state index in [0.29, 0.717) is 26.1 Å². The summed E-state index contributed by atoms with van der Waals surface area (Å²) in [7, 11) is 0. The molecule has 1 heterocycles. The molecule has 0 radical (unpaired) electrons. The van der Waals surface area contributed by atoms with E-state index in [0.717, 1.165) is 0 Å². The molecule has 0 unspecified atom stereocenters. The Balaban J connectivity index is 2.33. The number of likely N-dealkylation sites (tertiary alicyclic amines) is 1. The molecule has 15 heavy (non-hydrogen) atoms. The van der Waals surface area contributed by atoms with Crippen molar-refractivity contribution in [2.45, 2.75) is 32.4 Å². The summed E-state index contributed by atoms with van der Waals surface area (Å²) in [5, 5.41) is 0. The van der Waals surface area contributed by atoms with Gasteiger partial charge in [0.25, 0.3) is 0 Å². The second-order valence-electron chi connectivity index (χ2n) is 3.98. The van der Waals surface area contributed by atoms with E-state index in [9.17, 15) is 18.0 Å². The van der Waals surface area contributed by atoms with Gasteiger partial charge in [-0.05, 0) is 25.9 Å². The fourth-order valence-corrected chi connectivity index (χ4v) is 1.78. The van der Waals surface area contributed by atoms with Crippen LogP contribution in [0.3, 0.4) is 0 Å². The van der Waals surface area contributed by atoms with Gasteiger partial charge in [-0.25, -0.2) is 0 Å². The number of Topliss-reactive ketones (excluding diaryl/α,β-unsaturated/α-hetero) is 1. The maximum Gasteiger partial charge on any atom is 0.391 e. The molecular formula is C10H16F3NO.